The number of halogens is 6. The van der Waals surface area contributed by atoms with Gasteiger partial charge in [-0.05, 0) is 42.2 Å². The van der Waals surface area contributed by atoms with Crippen LogP contribution in [0.3, 0.4) is 0 Å². The second-order valence-electron chi connectivity index (χ2n) is 9.00. The summed E-state index contributed by atoms with van der Waals surface area (Å²) in [7, 11) is 1.41. The molecule has 0 aliphatic carbocycles. The molecule has 2 heterocycles. The van der Waals surface area contributed by atoms with E-state index in [9.17, 15) is 31.1 Å². The van der Waals surface area contributed by atoms with Crippen LogP contribution in [0.5, 0.6) is 0 Å². The van der Waals surface area contributed by atoms with E-state index >= 15 is 0 Å². The molecule has 2 saturated heterocycles. The number of nitrogens with one attached hydrogen (secondary N) is 1. The quantitative estimate of drug-likeness (QED) is 0.564. The molecule has 0 spiro atoms. The van der Waals surface area contributed by atoms with E-state index in [0.717, 1.165) is 18.7 Å². The third-order valence-corrected chi connectivity index (χ3v) is 6.93. The summed E-state index contributed by atoms with van der Waals surface area (Å²) in [4.78, 5) is 16.4. The van der Waals surface area contributed by atoms with Crippen molar-refractivity contribution in [3.05, 3.63) is 70.8 Å². The average molecular weight is 485 g/mol. The maximum atomic E-state index is 13.5. The maximum Gasteiger partial charge on any atom is 0.416 e. The number of fused-ring (bicyclic) bond motifs is 1. The Balaban J connectivity index is 1.65. The number of urea groups is 1. The monoisotopic (exact) mass is 485 g/mol. The number of amides is 2. The Morgan fingerprint density at radius 3 is 2.15 bits per heavy atom. The summed E-state index contributed by atoms with van der Waals surface area (Å²) in [6.07, 6.45) is -9.90. The lowest BCUT2D eigenvalue weighted by atomic mass is 9.89. The van der Waals surface area contributed by atoms with Crippen molar-refractivity contribution in [2.45, 2.75) is 31.4 Å². The molecular formula is C24H25F6N3O. The Morgan fingerprint density at radius 2 is 1.59 bits per heavy atom. The topological polar surface area (TPSA) is 35.6 Å². The van der Waals surface area contributed by atoms with Crippen molar-refractivity contribution >= 4 is 6.03 Å². The van der Waals surface area contributed by atoms with Crippen molar-refractivity contribution in [3.8, 4) is 0 Å². The zero-order chi connectivity index (χ0) is 24.8. The minimum atomic E-state index is -4.95. The largest absolute Gasteiger partial charge is 0.416 e. The second-order valence-corrected chi connectivity index (χ2v) is 9.00. The first-order valence-electron chi connectivity index (χ1n) is 11.0. The number of likely N-dealkylation sites (tertiary alicyclic amines) is 1. The van der Waals surface area contributed by atoms with Crippen molar-refractivity contribution < 1.29 is 31.1 Å². The molecule has 2 aliphatic rings. The summed E-state index contributed by atoms with van der Waals surface area (Å²) in [5.74, 6) is 0.406. The number of carbonyl (C=O) groups is 1. The molecule has 4 rings (SSSR count). The Kier molecular flexibility index (Phi) is 6.30. The van der Waals surface area contributed by atoms with Gasteiger partial charge >= 0.3 is 18.4 Å². The fourth-order valence-corrected chi connectivity index (χ4v) is 5.01. The van der Waals surface area contributed by atoms with E-state index in [1.807, 2.05) is 30.3 Å². The molecule has 184 valence electrons. The Labute approximate surface area is 193 Å². The van der Waals surface area contributed by atoms with Crippen LogP contribution in [0.25, 0.3) is 0 Å². The van der Waals surface area contributed by atoms with Gasteiger partial charge < -0.3 is 15.1 Å². The molecule has 2 aromatic rings. The van der Waals surface area contributed by atoms with E-state index in [1.54, 1.807) is 4.90 Å². The second kappa shape index (κ2) is 8.79. The van der Waals surface area contributed by atoms with Gasteiger partial charge in [0.25, 0.3) is 0 Å². The summed E-state index contributed by atoms with van der Waals surface area (Å²) >= 11 is 0. The molecule has 2 aliphatic heterocycles. The van der Waals surface area contributed by atoms with E-state index in [1.165, 1.54) is 18.9 Å². The molecule has 34 heavy (non-hydrogen) atoms. The maximum absolute atomic E-state index is 13.5. The molecule has 0 aromatic heterocycles. The lowest BCUT2D eigenvalue weighted by molar-refractivity contribution is -0.143. The van der Waals surface area contributed by atoms with Crippen molar-refractivity contribution in [3.63, 3.8) is 0 Å². The molecule has 2 fully saturated rings. The molecule has 0 radical (unpaired) electrons. The first-order chi connectivity index (χ1) is 15.9. The highest BCUT2D eigenvalue weighted by Crippen LogP contribution is 2.44. The molecule has 4 atom stereocenters. The van der Waals surface area contributed by atoms with Crippen molar-refractivity contribution in [1.82, 2.24) is 15.1 Å². The molecule has 2 aromatic carbocycles. The summed E-state index contributed by atoms with van der Waals surface area (Å²) in [6, 6.07) is 9.27. The molecule has 1 N–H and O–H groups in total. The zero-order valence-electron chi connectivity index (χ0n) is 18.6. The van der Waals surface area contributed by atoms with Crippen LogP contribution in [0.4, 0.5) is 31.1 Å². The van der Waals surface area contributed by atoms with E-state index in [0.29, 0.717) is 18.7 Å². The predicted octanol–water partition coefficient (Wildman–Crippen LogP) is 5.73. The summed E-state index contributed by atoms with van der Waals surface area (Å²) in [5, 5.41) is 3.34. The lowest BCUT2D eigenvalue weighted by Crippen LogP contribution is -2.43. The molecule has 0 bridgehead atoms. The van der Waals surface area contributed by atoms with Crippen molar-refractivity contribution in [2.24, 2.45) is 11.8 Å². The van der Waals surface area contributed by atoms with Gasteiger partial charge in [0.1, 0.15) is 0 Å². The Morgan fingerprint density at radius 1 is 1.00 bits per heavy atom. The van der Waals surface area contributed by atoms with Crippen molar-refractivity contribution in [1.29, 1.82) is 0 Å². The van der Waals surface area contributed by atoms with Gasteiger partial charge in [0.2, 0.25) is 0 Å². The molecular weight excluding hydrogens is 460 g/mol. The lowest BCUT2D eigenvalue weighted by Gasteiger charge is -2.35. The van der Waals surface area contributed by atoms with Gasteiger partial charge in [-0.2, -0.15) is 26.3 Å². The van der Waals surface area contributed by atoms with Gasteiger partial charge in [0, 0.05) is 32.6 Å². The van der Waals surface area contributed by atoms with Gasteiger partial charge in [-0.15, -0.1) is 0 Å². The molecule has 2 amide bonds. The average Bonchev–Trinajstić information content (AvgIpc) is 3.38. The van der Waals surface area contributed by atoms with Gasteiger partial charge in [-0.25, -0.2) is 4.79 Å². The third kappa shape index (κ3) is 4.60. The van der Waals surface area contributed by atoms with Crippen LogP contribution < -0.4 is 5.32 Å². The number of alkyl halides is 6. The minimum Gasteiger partial charge on any atom is -0.321 e. The third-order valence-electron chi connectivity index (χ3n) is 6.93. The van der Waals surface area contributed by atoms with Gasteiger partial charge in [-0.3, -0.25) is 0 Å². The van der Waals surface area contributed by atoms with Crippen LogP contribution >= 0.6 is 0 Å². The summed E-state index contributed by atoms with van der Waals surface area (Å²) < 4.78 is 79.9. The number of hydrogen-bond donors (Lipinski definition) is 1. The van der Waals surface area contributed by atoms with Gasteiger partial charge in [0.15, 0.2) is 0 Å². The molecule has 4 nitrogen and oxygen atoms in total. The van der Waals surface area contributed by atoms with Crippen LogP contribution in [-0.4, -0.2) is 42.5 Å². The van der Waals surface area contributed by atoms with E-state index in [2.05, 4.69) is 5.32 Å². The highest BCUT2D eigenvalue weighted by atomic mass is 19.4. The highest BCUT2D eigenvalue weighted by Gasteiger charge is 2.48. The first-order valence-corrected chi connectivity index (χ1v) is 11.0. The van der Waals surface area contributed by atoms with Crippen LogP contribution in [0, 0.1) is 11.8 Å². The van der Waals surface area contributed by atoms with E-state index in [-0.39, 0.29) is 29.5 Å². The van der Waals surface area contributed by atoms with Gasteiger partial charge in [-0.1, -0.05) is 30.3 Å². The number of rotatable bonds is 3. The number of hydrogen-bond acceptors (Lipinski definition) is 2. The summed E-state index contributed by atoms with van der Waals surface area (Å²) in [6.45, 7) is 3.38. The van der Waals surface area contributed by atoms with Crippen LogP contribution in [-0.2, 0) is 12.4 Å². The number of carbonyl (C=O) groups excluding carboxylic acids is 1. The number of nitrogens with zero attached hydrogens (tertiary/aromatic N) is 2. The highest BCUT2D eigenvalue weighted by molar-refractivity contribution is 5.76. The normalized spacial score (nSPS) is 23.6. The van der Waals surface area contributed by atoms with Gasteiger partial charge in [0.05, 0.1) is 23.2 Å². The standard InChI is InChI=1S/C24H25F6N3O/c1-14(16-8-18(23(25,26)27)10-19(9-16)24(28,29)30)32(2)22(34)33-13-17-11-31-12-20(17)21(33)15-6-4-3-5-7-15/h3-10,14,17,20-21,31H,11-13H2,1-2H3. The van der Waals surface area contributed by atoms with Crippen LogP contribution in [0.2, 0.25) is 0 Å². The van der Waals surface area contributed by atoms with E-state index < -0.39 is 35.6 Å². The summed E-state index contributed by atoms with van der Waals surface area (Å²) in [5.41, 5.74) is -2.07. The van der Waals surface area contributed by atoms with Crippen LogP contribution in [0.15, 0.2) is 48.5 Å². The minimum absolute atomic E-state index is 0.0954. The Bertz CT molecular complexity index is 1010. The fourth-order valence-electron chi connectivity index (χ4n) is 5.01. The molecule has 10 heteroatoms. The smallest absolute Gasteiger partial charge is 0.321 e. The fraction of sp³-hybridized carbons (Fsp3) is 0.458. The molecule has 4 unspecified atom stereocenters. The predicted molar refractivity (Wildman–Crippen MR) is 114 cm³/mol. The first kappa shape index (κ1) is 24.4. The van der Waals surface area contributed by atoms with Crippen LogP contribution in [0.1, 0.15) is 41.3 Å². The SMILES string of the molecule is CC(c1cc(C(F)(F)F)cc(C(F)(F)F)c1)N(C)C(=O)N1CC2CNCC2C1c1ccccc1. The van der Waals surface area contributed by atoms with Crippen molar-refractivity contribution in [2.75, 3.05) is 26.7 Å². The van der Waals surface area contributed by atoms with E-state index in [4.69, 9.17) is 0 Å². The number of benzene rings is 2. The molecule has 0 saturated carbocycles. The zero-order valence-corrected chi connectivity index (χ0v) is 18.6. The Hall–Kier alpha value is -2.75.